The molecule has 4 rings (SSSR count). The maximum Gasteiger partial charge on any atom is 0.337 e. The predicted molar refractivity (Wildman–Crippen MR) is 134 cm³/mol. The Labute approximate surface area is 197 Å². The molecule has 33 heavy (non-hydrogen) atoms. The van der Waals surface area contributed by atoms with Gasteiger partial charge in [0.2, 0.25) is 0 Å². The highest BCUT2D eigenvalue weighted by Crippen LogP contribution is 2.43. The second-order valence-electron chi connectivity index (χ2n) is 10.4. The number of fused-ring (bicyclic) bond motifs is 3. The molecule has 1 heterocycles. The van der Waals surface area contributed by atoms with Gasteiger partial charge in [-0.25, -0.2) is 4.79 Å². The Morgan fingerprint density at radius 3 is 2.30 bits per heavy atom. The van der Waals surface area contributed by atoms with Crippen molar-refractivity contribution >= 4 is 16.9 Å². The minimum Gasteiger partial charge on any atom is -0.479 e. The van der Waals surface area contributed by atoms with Gasteiger partial charge in [-0.15, -0.1) is 0 Å². The molecule has 0 unspecified atom stereocenters. The van der Waals surface area contributed by atoms with Crippen LogP contribution in [0, 0.1) is 20.8 Å². The van der Waals surface area contributed by atoms with Crippen molar-refractivity contribution in [2.45, 2.75) is 85.4 Å². The number of pyridine rings is 1. The number of carbonyl (C=O) groups is 1. The lowest BCUT2D eigenvalue weighted by Gasteiger charge is -2.30. The van der Waals surface area contributed by atoms with E-state index in [-0.39, 0.29) is 0 Å². The molecule has 0 saturated carbocycles. The highest BCUT2D eigenvalue weighted by atomic mass is 16.5. The summed E-state index contributed by atoms with van der Waals surface area (Å²) in [6.45, 7) is 11.9. The van der Waals surface area contributed by atoms with E-state index in [9.17, 15) is 9.90 Å². The molecular weight excluding hydrogens is 410 g/mol. The van der Waals surface area contributed by atoms with Gasteiger partial charge in [-0.2, -0.15) is 0 Å². The Kier molecular flexibility index (Phi) is 6.32. The molecule has 4 heteroatoms. The first-order valence-electron chi connectivity index (χ1n) is 12.0. The molecule has 0 fully saturated rings. The lowest BCUT2D eigenvalue weighted by molar-refractivity contribution is -0.160. The molecule has 0 radical (unpaired) electrons. The van der Waals surface area contributed by atoms with Crippen LogP contribution in [0.3, 0.4) is 0 Å². The third kappa shape index (κ3) is 4.54. The standard InChI is InChI=1S/C29H35NO3/c1-17-12-14-20(15-13-17)23-18(2)24-22-11-9-7-8-10-21(22)16-30-26(24)19(3)25(23)27(28(31)32)33-29(4,5)6/h12-16,27H,7-11H2,1-6H3,(H,31,32)/t27-/m0/s1. The largest absolute Gasteiger partial charge is 0.479 e. The van der Waals surface area contributed by atoms with E-state index in [1.54, 1.807) is 0 Å². The Hall–Kier alpha value is -2.72. The number of hydrogen-bond acceptors (Lipinski definition) is 3. The summed E-state index contributed by atoms with van der Waals surface area (Å²) in [6.07, 6.45) is 6.65. The van der Waals surface area contributed by atoms with Crippen LogP contribution < -0.4 is 0 Å². The number of aliphatic carboxylic acids is 1. The van der Waals surface area contributed by atoms with Crippen molar-refractivity contribution in [3.05, 3.63) is 63.8 Å². The third-order valence-corrected chi connectivity index (χ3v) is 6.73. The topological polar surface area (TPSA) is 59.4 Å². The number of rotatable bonds is 4. The SMILES string of the molecule is Cc1ccc(-c2c([C@H](OC(C)(C)C)C(=O)O)c(C)c3ncc4c(c3c2C)CCCCC4)cc1. The summed E-state index contributed by atoms with van der Waals surface area (Å²) in [5.41, 5.74) is 8.90. The van der Waals surface area contributed by atoms with Crippen LogP contribution in [0.25, 0.3) is 22.0 Å². The van der Waals surface area contributed by atoms with Gasteiger partial charge in [0, 0.05) is 17.1 Å². The van der Waals surface area contributed by atoms with E-state index in [2.05, 4.69) is 38.1 Å². The van der Waals surface area contributed by atoms with E-state index in [1.807, 2.05) is 33.9 Å². The second kappa shape index (κ2) is 8.90. The van der Waals surface area contributed by atoms with Gasteiger partial charge in [0.05, 0.1) is 11.1 Å². The summed E-state index contributed by atoms with van der Waals surface area (Å²) in [5, 5.41) is 11.5. The number of aryl methyl sites for hydroxylation is 5. The number of carboxylic acids is 1. The fourth-order valence-electron chi connectivity index (χ4n) is 5.22. The lowest BCUT2D eigenvalue weighted by atomic mass is 9.83. The van der Waals surface area contributed by atoms with Crippen LogP contribution in [0.2, 0.25) is 0 Å². The number of nitrogens with zero attached hydrogens (tertiary/aromatic N) is 1. The van der Waals surface area contributed by atoms with Crippen LogP contribution >= 0.6 is 0 Å². The first kappa shape index (κ1) is 23.4. The molecule has 0 bridgehead atoms. The zero-order valence-electron chi connectivity index (χ0n) is 20.7. The molecule has 2 aromatic carbocycles. The van der Waals surface area contributed by atoms with Crippen molar-refractivity contribution in [2.75, 3.05) is 0 Å². The van der Waals surface area contributed by atoms with Crippen LogP contribution in [0.15, 0.2) is 30.5 Å². The van der Waals surface area contributed by atoms with Crippen LogP contribution in [0.5, 0.6) is 0 Å². The van der Waals surface area contributed by atoms with Crippen LogP contribution in [-0.2, 0) is 22.4 Å². The number of hydrogen-bond donors (Lipinski definition) is 1. The minimum atomic E-state index is -1.08. The van der Waals surface area contributed by atoms with Crippen molar-refractivity contribution in [3.63, 3.8) is 0 Å². The quantitative estimate of drug-likeness (QED) is 0.438. The molecule has 1 aliphatic rings. The van der Waals surface area contributed by atoms with Crippen molar-refractivity contribution in [3.8, 4) is 11.1 Å². The first-order valence-corrected chi connectivity index (χ1v) is 12.0. The molecule has 1 N–H and O–H groups in total. The van der Waals surface area contributed by atoms with Gasteiger partial charge in [-0.05, 0) is 101 Å². The predicted octanol–water partition coefficient (Wildman–Crippen LogP) is 7.04. The summed E-state index contributed by atoms with van der Waals surface area (Å²) in [5.74, 6) is -0.977. The fourth-order valence-corrected chi connectivity index (χ4v) is 5.22. The first-order chi connectivity index (χ1) is 15.6. The summed E-state index contributed by atoms with van der Waals surface area (Å²) in [6, 6.07) is 8.36. The van der Waals surface area contributed by atoms with Crippen LogP contribution in [-0.4, -0.2) is 21.7 Å². The average Bonchev–Trinajstić information content (AvgIpc) is 2.99. The maximum atomic E-state index is 12.5. The Balaban J connectivity index is 2.12. The lowest BCUT2D eigenvalue weighted by Crippen LogP contribution is -2.28. The van der Waals surface area contributed by atoms with E-state index in [1.165, 1.54) is 41.3 Å². The normalized spacial score (nSPS) is 15.2. The van der Waals surface area contributed by atoms with E-state index in [4.69, 9.17) is 9.72 Å². The molecule has 1 aliphatic carbocycles. The molecule has 174 valence electrons. The Morgan fingerprint density at radius 2 is 1.67 bits per heavy atom. The van der Waals surface area contributed by atoms with E-state index in [0.717, 1.165) is 40.6 Å². The maximum absolute atomic E-state index is 12.5. The van der Waals surface area contributed by atoms with Crippen LogP contribution in [0.4, 0.5) is 0 Å². The molecular formula is C29H35NO3. The number of ether oxygens (including phenoxy) is 1. The molecule has 0 amide bonds. The van der Waals surface area contributed by atoms with Gasteiger partial charge in [-0.3, -0.25) is 4.98 Å². The summed E-state index contributed by atoms with van der Waals surface area (Å²) < 4.78 is 6.16. The van der Waals surface area contributed by atoms with Crippen molar-refractivity contribution in [1.29, 1.82) is 0 Å². The van der Waals surface area contributed by atoms with E-state index < -0.39 is 17.7 Å². The minimum absolute atomic E-state index is 0.607. The molecule has 0 spiro atoms. The average molecular weight is 446 g/mol. The second-order valence-corrected chi connectivity index (χ2v) is 10.4. The van der Waals surface area contributed by atoms with Gasteiger partial charge < -0.3 is 9.84 Å². The molecule has 4 nitrogen and oxygen atoms in total. The fraction of sp³-hybridized carbons (Fsp3) is 0.448. The zero-order chi connectivity index (χ0) is 23.9. The molecule has 0 aliphatic heterocycles. The highest BCUT2D eigenvalue weighted by molar-refractivity contribution is 5.98. The van der Waals surface area contributed by atoms with E-state index in [0.29, 0.717) is 5.56 Å². The zero-order valence-corrected chi connectivity index (χ0v) is 20.7. The van der Waals surface area contributed by atoms with Crippen molar-refractivity contribution in [2.24, 2.45) is 0 Å². The van der Waals surface area contributed by atoms with Gasteiger partial charge in [0.1, 0.15) is 0 Å². The van der Waals surface area contributed by atoms with Gasteiger partial charge in [0.15, 0.2) is 6.10 Å². The number of aromatic nitrogens is 1. The van der Waals surface area contributed by atoms with Crippen LogP contribution in [0.1, 0.15) is 79.5 Å². The molecule has 1 atom stereocenters. The highest BCUT2D eigenvalue weighted by Gasteiger charge is 2.33. The third-order valence-electron chi connectivity index (χ3n) is 6.73. The Morgan fingerprint density at radius 1 is 1.00 bits per heavy atom. The van der Waals surface area contributed by atoms with Crippen molar-refractivity contribution < 1.29 is 14.6 Å². The van der Waals surface area contributed by atoms with Gasteiger partial charge in [0.25, 0.3) is 0 Å². The summed E-state index contributed by atoms with van der Waals surface area (Å²) in [4.78, 5) is 17.4. The number of carboxylic acid groups (broad SMARTS) is 1. The monoisotopic (exact) mass is 445 g/mol. The Bertz CT molecular complexity index is 1200. The smallest absolute Gasteiger partial charge is 0.337 e. The number of benzene rings is 2. The summed E-state index contributed by atoms with van der Waals surface area (Å²) >= 11 is 0. The molecule has 1 aromatic heterocycles. The molecule has 3 aromatic rings. The summed E-state index contributed by atoms with van der Waals surface area (Å²) in [7, 11) is 0. The molecule has 0 saturated heterocycles. The van der Waals surface area contributed by atoms with Gasteiger partial charge >= 0.3 is 5.97 Å². The van der Waals surface area contributed by atoms with Crippen molar-refractivity contribution in [1.82, 2.24) is 4.98 Å². The van der Waals surface area contributed by atoms with Gasteiger partial charge in [-0.1, -0.05) is 36.2 Å². The van der Waals surface area contributed by atoms with E-state index >= 15 is 0 Å².